The number of ether oxygens (including phenoxy) is 2. The van der Waals surface area contributed by atoms with E-state index in [4.69, 9.17) is 4.74 Å². The van der Waals surface area contributed by atoms with Gasteiger partial charge in [0.05, 0.1) is 11.9 Å². The van der Waals surface area contributed by atoms with Gasteiger partial charge in [0.15, 0.2) is 6.61 Å². The molecule has 1 atom stereocenters. The summed E-state index contributed by atoms with van der Waals surface area (Å²) in [4.78, 5) is 16.0. The summed E-state index contributed by atoms with van der Waals surface area (Å²) in [6, 6.07) is 2.79. The van der Waals surface area contributed by atoms with Gasteiger partial charge in [0.25, 0.3) is 0 Å². The maximum atomic E-state index is 12.2. The van der Waals surface area contributed by atoms with Crippen LogP contribution in [-0.4, -0.2) is 36.9 Å². The fourth-order valence-corrected chi connectivity index (χ4v) is 2.97. The highest BCUT2D eigenvalue weighted by molar-refractivity contribution is 5.95. The van der Waals surface area contributed by atoms with Crippen molar-refractivity contribution in [1.82, 2.24) is 4.98 Å². The Balaban J connectivity index is 1.51. The minimum atomic E-state index is -4.40. The lowest BCUT2D eigenvalue weighted by molar-refractivity contribution is -0.154. The topological polar surface area (TPSA) is 60.5 Å². The molecule has 5 nitrogen and oxygen atoms in total. The molecular formula is C15H17F3N2O3. The molecule has 2 fully saturated rings. The minimum Gasteiger partial charge on any atom is -0.468 e. The molecule has 2 aliphatic rings. The van der Waals surface area contributed by atoms with Gasteiger partial charge in [0, 0.05) is 25.2 Å². The van der Waals surface area contributed by atoms with Crippen molar-refractivity contribution in [3.05, 3.63) is 18.3 Å². The number of aromatic nitrogens is 1. The molecule has 1 aliphatic carbocycles. The van der Waals surface area contributed by atoms with E-state index in [1.165, 1.54) is 18.3 Å². The second kappa shape index (κ2) is 5.99. The second-order valence-electron chi connectivity index (χ2n) is 6.01. The maximum Gasteiger partial charge on any atom is 0.422 e. The van der Waals surface area contributed by atoms with Gasteiger partial charge >= 0.3 is 6.18 Å². The number of nitrogens with one attached hydrogen (secondary N) is 1. The Kier molecular flexibility index (Phi) is 4.18. The number of amides is 1. The van der Waals surface area contributed by atoms with E-state index in [0.29, 0.717) is 18.9 Å². The highest BCUT2D eigenvalue weighted by Gasteiger charge is 2.57. The van der Waals surface area contributed by atoms with Crippen molar-refractivity contribution in [2.75, 3.05) is 25.1 Å². The largest absolute Gasteiger partial charge is 0.468 e. The van der Waals surface area contributed by atoms with Crippen LogP contribution in [0.15, 0.2) is 18.3 Å². The number of anilines is 1. The Hall–Kier alpha value is -1.83. The van der Waals surface area contributed by atoms with E-state index in [0.717, 1.165) is 19.3 Å². The summed E-state index contributed by atoms with van der Waals surface area (Å²) in [5, 5.41) is 2.75. The molecule has 0 unspecified atom stereocenters. The lowest BCUT2D eigenvalue weighted by Crippen LogP contribution is -2.24. The molecule has 1 spiro atoms. The number of nitrogens with zero attached hydrogens (tertiary/aromatic N) is 1. The Morgan fingerprint density at radius 2 is 2.13 bits per heavy atom. The Labute approximate surface area is 131 Å². The van der Waals surface area contributed by atoms with Crippen molar-refractivity contribution in [2.45, 2.75) is 25.4 Å². The Bertz CT molecular complexity index is 568. The van der Waals surface area contributed by atoms with Gasteiger partial charge in [-0.3, -0.25) is 4.79 Å². The van der Waals surface area contributed by atoms with Crippen LogP contribution >= 0.6 is 0 Å². The van der Waals surface area contributed by atoms with Crippen molar-refractivity contribution >= 4 is 11.6 Å². The van der Waals surface area contributed by atoms with E-state index in [-0.39, 0.29) is 23.1 Å². The number of carbonyl (C=O) groups is 1. The summed E-state index contributed by atoms with van der Waals surface area (Å²) in [5.74, 6) is -0.224. The number of halogens is 3. The first-order chi connectivity index (χ1) is 10.9. The molecule has 8 heteroatoms. The van der Waals surface area contributed by atoms with Crippen LogP contribution in [0, 0.1) is 11.3 Å². The van der Waals surface area contributed by atoms with Crippen molar-refractivity contribution in [3.63, 3.8) is 0 Å². The van der Waals surface area contributed by atoms with Gasteiger partial charge in [-0.25, -0.2) is 4.98 Å². The zero-order chi connectivity index (χ0) is 16.5. The van der Waals surface area contributed by atoms with Gasteiger partial charge in [-0.15, -0.1) is 0 Å². The third-order valence-electron chi connectivity index (χ3n) is 4.38. The Morgan fingerprint density at radius 3 is 2.74 bits per heavy atom. The van der Waals surface area contributed by atoms with Crippen molar-refractivity contribution < 1.29 is 27.4 Å². The fraction of sp³-hybridized carbons (Fsp3) is 0.600. The van der Waals surface area contributed by atoms with Crippen LogP contribution in [0.5, 0.6) is 5.88 Å². The summed E-state index contributed by atoms with van der Waals surface area (Å²) in [5.41, 5.74) is 0.523. The molecule has 1 saturated heterocycles. The number of hydrogen-bond acceptors (Lipinski definition) is 4. The van der Waals surface area contributed by atoms with Crippen LogP contribution in [0.1, 0.15) is 19.3 Å². The highest BCUT2D eigenvalue weighted by Crippen LogP contribution is 2.59. The molecule has 23 heavy (non-hydrogen) atoms. The van der Waals surface area contributed by atoms with Gasteiger partial charge in [-0.1, -0.05) is 0 Å². The van der Waals surface area contributed by atoms with E-state index in [1.54, 1.807) is 0 Å². The first-order valence-electron chi connectivity index (χ1n) is 7.42. The van der Waals surface area contributed by atoms with Crippen LogP contribution in [0.3, 0.4) is 0 Å². The molecule has 1 aromatic heterocycles. The number of rotatable bonds is 4. The van der Waals surface area contributed by atoms with Crippen LogP contribution in [-0.2, 0) is 9.53 Å². The summed E-state index contributed by atoms with van der Waals surface area (Å²) in [6.45, 7) is -0.00841. The van der Waals surface area contributed by atoms with E-state index in [9.17, 15) is 18.0 Å². The molecular weight excluding hydrogens is 313 g/mol. The average Bonchev–Trinajstić information content (AvgIpc) is 3.20. The molecule has 0 radical (unpaired) electrons. The first kappa shape index (κ1) is 16.0. The predicted molar refractivity (Wildman–Crippen MR) is 75.0 cm³/mol. The van der Waals surface area contributed by atoms with Crippen LogP contribution in [0.2, 0.25) is 0 Å². The summed E-state index contributed by atoms with van der Waals surface area (Å²) >= 11 is 0. The number of carbonyl (C=O) groups excluding carboxylic acids is 1. The van der Waals surface area contributed by atoms with Gasteiger partial charge in [-0.05, 0) is 30.7 Å². The normalized spacial score (nSPS) is 22.7. The molecule has 1 aromatic rings. The van der Waals surface area contributed by atoms with Gasteiger partial charge in [0.2, 0.25) is 11.8 Å². The van der Waals surface area contributed by atoms with Crippen molar-refractivity contribution in [1.29, 1.82) is 0 Å². The molecule has 0 aromatic carbocycles. The molecule has 126 valence electrons. The zero-order valence-corrected chi connectivity index (χ0v) is 12.4. The minimum absolute atomic E-state index is 0.0208. The number of alkyl halides is 3. The van der Waals surface area contributed by atoms with Gasteiger partial charge in [-0.2, -0.15) is 13.2 Å². The second-order valence-corrected chi connectivity index (χ2v) is 6.01. The lowest BCUT2D eigenvalue weighted by Gasteiger charge is -2.22. The fourth-order valence-electron chi connectivity index (χ4n) is 2.97. The molecule has 2 heterocycles. The highest BCUT2D eigenvalue weighted by atomic mass is 19.4. The molecule has 1 amide bonds. The van der Waals surface area contributed by atoms with Gasteiger partial charge in [0.1, 0.15) is 0 Å². The first-order valence-corrected chi connectivity index (χ1v) is 7.42. The van der Waals surface area contributed by atoms with Crippen LogP contribution < -0.4 is 10.1 Å². The summed E-state index contributed by atoms with van der Waals surface area (Å²) in [6.07, 6.45) is -0.454. The monoisotopic (exact) mass is 330 g/mol. The average molecular weight is 330 g/mol. The summed E-state index contributed by atoms with van der Waals surface area (Å²) < 4.78 is 46.0. The van der Waals surface area contributed by atoms with E-state index in [2.05, 4.69) is 15.0 Å². The molecule has 1 aliphatic heterocycles. The number of pyridine rings is 1. The summed E-state index contributed by atoms with van der Waals surface area (Å²) in [7, 11) is 0. The smallest absolute Gasteiger partial charge is 0.422 e. The SMILES string of the molecule is O=C(Nc1ccc(OCC(F)(F)F)nc1)[C@H]1CC12CCOCC2. The molecule has 0 bridgehead atoms. The third-order valence-corrected chi connectivity index (χ3v) is 4.38. The van der Waals surface area contributed by atoms with Gasteiger partial charge < -0.3 is 14.8 Å². The zero-order valence-electron chi connectivity index (χ0n) is 12.4. The molecule has 3 rings (SSSR count). The predicted octanol–water partition coefficient (Wildman–Crippen LogP) is 2.78. The molecule has 1 N–H and O–H groups in total. The van der Waals surface area contributed by atoms with Crippen LogP contribution in [0.4, 0.5) is 18.9 Å². The van der Waals surface area contributed by atoms with E-state index < -0.39 is 12.8 Å². The quantitative estimate of drug-likeness (QED) is 0.922. The molecule has 1 saturated carbocycles. The Morgan fingerprint density at radius 1 is 1.39 bits per heavy atom. The van der Waals surface area contributed by atoms with E-state index >= 15 is 0 Å². The number of hydrogen-bond donors (Lipinski definition) is 1. The maximum absolute atomic E-state index is 12.2. The standard InChI is InChI=1S/C15H17F3N2O3/c16-15(17,18)9-23-12-2-1-10(8-19-12)20-13(21)11-7-14(11)3-5-22-6-4-14/h1-2,8,11H,3-7,9H2,(H,20,21)/t11-/m1/s1. The van der Waals surface area contributed by atoms with Crippen LogP contribution in [0.25, 0.3) is 0 Å². The lowest BCUT2D eigenvalue weighted by atomic mass is 9.93. The van der Waals surface area contributed by atoms with Crippen molar-refractivity contribution in [3.8, 4) is 5.88 Å². The third kappa shape index (κ3) is 3.93. The van der Waals surface area contributed by atoms with E-state index in [1.807, 2.05) is 0 Å². The van der Waals surface area contributed by atoms with Crippen molar-refractivity contribution in [2.24, 2.45) is 11.3 Å².